The molecule has 1 N–H and O–H groups in total. The molecule has 0 saturated carbocycles. The number of anilines is 1. The zero-order chi connectivity index (χ0) is 15.1. The molecule has 112 valence electrons. The monoisotopic (exact) mass is 286 g/mol. The van der Waals surface area contributed by atoms with Gasteiger partial charge in [-0.3, -0.25) is 0 Å². The van der Waals surface area contributed by atoms with E-state index in [2.05, 4.69) is 46.2 Å². The Morgan fingerprint density at radius 1 is 1.00 bits per heavy atom. The minimum atomic E-state index is 0.373. The molecular formula is C16H22N4O. The summed E-state index contributed by atoms with van der Waals surface area (Å²) < 4.78 is 5.55. The highest BCUT2D eigenvalue weighted by Crippen LogP contribution is 2.19. The Morgan fingerprint density at radius 2 is 1.76 bits per heavy atom. The summed E-state index contributed by atoms with van der Waals surface area (Å²) in [6.07, 6.45) is 1.94. The van der Waals surface area contributed by atoms with Gasteiger partial charge in [-0.2, -0.15) is 15.0 Å². The molecule has 0 saturated heterocycles. The third-order valence-corrected chi connectivity index (χ3v) is 3.01. The van der Waals surface area contributed by atoms with Crippen LogP contribution < -0.4 is 10.1 Å². The molecule has 2 rings (SSSR count). The number of benzene rings is 1. The average molecular weight is 286 g/mol. The number of ether oxygens (including phenoxy) is 1. The van der Waals surface area contributed by atoms with E-state index in [0.717, 1.165) is 24.9 Å². The van der Waals surface area contributed by atoms with E-state index in [1.807, 2.05) is 19.1 Å². The van der Waals surface area contributed by atoms with Crippen LogP contribution in [0.15, 0.2) is 24.3 Å². The fourth-order valence-corrected chi connectivity index (χ4v) is 1.87. The van der Waals surface area contributed by atoms with Crippen molar-refractivity contribution in [3.05, 3.63) is 29.8 Å². The molecule has 21 heavy (non-hydrogen) atoms. The van der Waals surface area contributed by atoms with Gasteiger partial charge in [0.1, 0.15) is 0 Å². The van der Waals surface area contributed by atoms with Crippen molar-refractivity contribution in [1.82, 2.24) is 15.0 Å². The fraction of sp³-hybridized carbons (Fsp3) is 0.438. The van der Waals surface area contributed by atoms with Crippen molar-refractivity contribution in [3.63, 3.8) is 0 Å². The number of rotatable bonds is 7. The smallest absolute Gasteiger partial charge is 0.321 e. The van der Waals surface area contributed by atoms with Gasteiger partial charge >= 0.3 is 6.01 Å². The second kappa shape index (κ2) is 7.57. The maximum atomic E-state index is 5.55. The summed E-state index contributed by atoms with van der Waals surface area (Å²) >= 11 is 0. The van der Waals surface area contributed by atoms with Gasteiger partial charge in [0.25, 0.3) is 0 Å². The SMILES string of the molecule is CCCOc1nc(NCC)nc(-c2ccc(CC)cc2)n1. The van der Waals surface area contributed by atoms with Crippen LogP contribution >= 0.6 is 0 Å². The summed E-state index contributed by atoms with van der Waals surface area (Å²) in [4.78, 5) is 13.1. The minimum absolute atomic E-state index is 0.373. The number of nitrogens with one attached hydrogen (secondary N) is 1. The molecule has 0 fully saturated rings. The van der Waals surface area contributed by atoms with Gasteiger partial charge in [0.15, 0.2) is 5.82 Å². The molecule has 2 aromatic rings. The summed E-state index contributed by atoms with van der Waals surface area (Å²) in [5.74, 6) is 1.18. The molecule has 0 aliphatic heterocycles. The Labute approximate surface area is 125 Å². The number of hydrogen-bond acceptors (Lipinski definition) is 5. The Morgan fingerprint density at radius 3 is 2.38 bits per heavy atom. The molecule has 5 nitrogen and oxygen atoms in total. The molecule has 0 aliphatic rings. The second-order valence-electron chi connectivity index (χ2n) is 4.69. The van der Waals surface area contributed by atoms with Crippen LogP contribution in [-0.2, 0) is 6.42 Å². The van der Waals surface area contributed by atoms with Crippen LogP contribution in [0.2, 0.25) is 0 Å². The van der Waals surface area contributed by atoms with Crippen molar-refractivity contribution in [2.24, 2.45) is 0 Å². The van der Waals surface area contributed by atoms with Gasteiger partial charge in [-0.15, -0.1) is 0 Å². The van der Waals surface area contributed by atoms with Gasteiger partial charge in [0, 0.05) is 12.1 Å². The predicted molar refractivity (Wildman–Crippen MR) is 84.6 cm³/mol. The maximum Gasteiger partial charge on any atom is 0.321 e. The van der Waals surface area contributed by atoms with E-state index in [4.69, 9.17) is 4.74 Å². The highest BCUT2D eigenvalue weighted by atomic mass is 16.5. The van der Waals surface area contributed by atoms with E-state index in [1.165, 1.54) is 5.56 Å². The maximum absolute atomic E-state index is 5.55. The quantitative estimate of drug-likeness (QED) is 0.846. The lowest BCUT2D eigenvalue weighted by atomic mass is 10.1. The van der Waals surface area contributed by atoms with Crippen molar-refractivity contribution in [2.75, 3.05) is 18.5 Å². The zero-order valence-electron chi connectivity index (χ0n) is 12.9. The van der Waals surface area contributed by atoms with E-state index >= 15 is 0 Å². The molecule has 0 atom stereocenters. The van der Waals surface area contributed by atoms with Gasteiger partial charge in [-0.1, -0.05) is 38.1 Å². The van der Waals surface area contributed by atoms with Crippen LogP contribution in [0.25, 0.3) is 11.4 Å². The predicted octanol–water partition coefficient (Wildman–Crippen LogP) is 3.32. The lowest BCUT2D eigenvalue weighted by Gasteiger charge is -2.08. The number of aryl methyl sites for hydroxylation is 1. The summed E-state index contributed by atoms with van der Waals surface area (Å²) in [6, 6.07) is 8.63. The summed E-state index contributed by atoms with van der Waals surface area (Å²) in [5.41, 5.74) is 2.26. The molecule has 0 amide bonds. The van der Waals surface area contributed by atoms with Crippen LogP contribution in [0.3, 0.4) is 0 Å². The van der Waals surface area contributed by atoms with E-state index in [0.29, 0.717) is 24.4 Å². The van der Waals surface area contributed by atoms with Crippen molar-refractivity contribution in [1.29, 1.82) is 0 Å². The summed E-state index contributed by atoms with van der Waals surface area (Å²) in [7, 11) is 0. The first kappa shape index (κ1) is 15.2. The van der Waals surface area contributed by atoms with Gasteiger partial charge in [-0.05, 0) is 25.3 Å². The lowest BCUT2D eigenvalue weighted by molar-refractivity contribution is 0.292. The van der Waals surface area contributed by atoms with Crippen molar-refractivity contribution in [2.45, 2.75) is 33.6 Å². The van der Waals surface area contributed by atoms with Gasteiger partial charge < -0.3 is 10.1 Å². The van der Waals surface area contributed by atoms with Crippen LogP contribution in [0, 0.1) is 0 Å². The van der Waals surface area contributed by atoms with Crippen molar-refractivity contribution < 1.29 is 4.74 Å². The molecule has 1 aromatic heterocycles. The Hall–Kier alpha value is -2.17. The van der Waals surface area contributed by atoms with Gasteiger partial charge in [-0.25, -0.2) is 0 Å². The van der Waals surface area contributed by atoms with E-state index in [9.17, 15) is 0 Å². The van der Waals surface area contributed by atoms with Crippen LogP contribution in [0.5, 0.6) is 6.01 Å². The van der Waals surface area contributed by atoms with Crippen molar-refractivity contribution >= 4 is 5.95 Å². The fourth-order valence-electron chi connectivity index (χ4n) is 1.87. The normalized spacial score (nSPS) is 10.4. The molecule has 0 aliphatic carbocycles. The van der Waals surface area contributed by atoms with Crippen LogP contribution in [0.1, 0.15) is 32.8 Å². The van der Waals surface area contributed by atoms with Crippen LogP contribution in [-0.4, -0.2) is 28.1 Å². The Bertz CT molecular complexity index is 569. The number of aromatic nitrogens is 3. The largest absolute Gasteiger partial charge is 0.463 e. The average Bonchev–Trinajstić information content (AvgIpc) is 2.53. The molecule has 1 aromatic carbocycles. The van der Waals surface area contributed by atoms with Crippen LogP contribution in [0.4, 0.5) is 5.95 Å². The third-order valence-electron chi connectivity index (χ3n) is 3.01. The highest BCUT2D eigenvalue weighted by Gasteiger charge is 2.09. The highest BCUT2D eigenvalue weighted by molar-refractivity contribution is 5.57. The Kier molecular flexibility index (Phi) is 5.49. The van der Waals surface area contributed by atoms with Gasteiger partial charge in [0.2, 0.25) is 5.95 Å². The van der Waals surface area contributed by atoms with E-state index in [-0.39, 0.29) is 0 Å². The molecule has 0 spiro atoms. The summed E-state index contributed by atoms with van der Waals surface area (Å²) in [5, 5.41) is 3.11. The topological polar surface area (TPSA) is 59.9 Å². The molecule has 0 radical (unpaired) electrons. The molecule has 0 bridgehead atoms. The number of hydrogen-bond donors (Lipinski definition) is 1. The molecule has 1 heterocycles. The zero-order valence-corrected chi connectivity index (χ0v) is 12.9. The standard InChI is InChI=1S/C16H22N4O/c1-4-11-21-16-19-14(18-15(20-16)17-6-3)13-9-7-12(5-2)8-10-13/h7-10H,4-6,11H2,1-3H3,(H,17,18,19,20). The lowest BCUT2D eigenvalue weighted by Crippen LogP contribution is -2.08. The summed E-state index contributed by atoms with van der Waals surface area (Å²) in [6.45, 7) is 7.55. The molecule has 5 heteroatoms. The molecular weight excluding hydrogens is 264 g/mol. The Balaban J connectivity index is 2.32. The number of nitrogens with zero attached hydrogens (tertiary/aromatic N) is 3. The third kappa shape index (κ3) is 4.15. The van der Waals surface area contributed by atoms with E-state index in [1.54, 1.807) is 0 Å². The second-order valence-corrected chi connectivity index (χ2v) is 4.69. The minimum Gasteiger partial charge on any atom is -0.463 e. The first-order chi connectivity index (χ1) is 10.3. The molecule has 0 unspecified atom stereocenters. The first-order valence-corrected chi connectivity index (χ1v) is 7.48. The van der Waals surface area contributed by atoms with E-state index < -0.39 is 0 Å². The first-order valence-electron chi connectivity index (χ1n) is 7.48. The van der Waals surface area contributed by atoms with Gasteiger partial charge in [0.05, 0.1) is 6.61 Å². The van der Waals surface area contributed by atoms with Crippen molar-refractivity contribution in [3.8, 4) is 17.4 Å².